The minimum atomic E-state index is -0.269. The average Bonchev–Trinajstić information content (AvgIpc) is 3.26. The molecule has 35 heavy (non-hydrogen) atoms. The van der Waals surface area contributed by atoms with Crippen LogP contribution in [0.5, 0.6) is 0 Å². The van der Waals surface area contributed by atoms with Crippen molar-refractivity contribution in [3.8, 4) is 5.69 Å². The van der Waals surface area contributed by atoms with E-state index in [4.69, 9.17) is 5.10 Å². The van der Waals surface area contributed by atoms with Crippen molar-refractivity contribution in [2.75, 3.05) is 18.4 Å². The van der Waals surface area contributed by atoms with E-state index in [1.165, 1.54) is 0 Å². The van der Waals surface area contributed by atoms with E-state index in [1.807, 2.05) is 86.6 Å². The molecule has 0 bridgehead atoms. The SMILES string of the molecule is CCN(CC(=O)Nc1cc(C(C)(C)C)nn1-c1cccc(C)c1)C(=O)c1cccc2ccccc12. The first-order valence-corrected chi connectivity index (χ1v) is 11.9. The first-order chi connectivity index (χ1) is 16.7. The second-order valence-corrected chi connectivity index (χ2v) is 9.81. The minimum Gasteiger partial charge on any atom is -0.330 e. The summed E-state index contributed by atoms with van der Waals surface area (Å²) in [5.74, 6) is 0.149. The van der Waals surface area contributed by atoms with Crippen molar-refractivity contribution in [2.24, 2.45) is 0 Å². The van der Waals surface area contributed by atoms with Crippen LogP contribution in [0, 0.1) is 6.92 Å². The molecule has 4 rings (SSSR count). The van der Waals surface area contributed by atoms with Gasteiger partial charge in [-0.2, -0.15) is 5.10 Å². The van der Waals surface area contributed by atoms with Crippen molar-refractivity contribution < 1.29 is 9.59 Å². The van der Waals surface area contributed by atoms with Crippen molar-refractivity contribution in [1.29, 1.82) is 0 Å². The predicted octanol–water partition coefficient (Wildman–Crippen LogP) is 5.73. The molecule has 0 aliphatic carbocycles. The molecule has 2 amide bonds. The van der Waals surface area contributed by atoms with Crippen LogP contribution in [-0.4, -0.2) is 39.6 Å². The van der Waals surface area contributed by atoms with Gasteiger partial charge in [-0.1, -0.05) is 69.3 Å². The zero-order chi connectivity index (χ0) is 25.2. The van der Waals surface area contributed by atoms with Crippen LogP contribution in [0.15, 0.2) is 72.8 Å². The molecule has 3 aromatic carbocycles. The molecular formula is C29H32N4O2. The lowest BCUT2D eigenvalue weighted by atomic mass is 9.92. The first kappa shape index (κ1) is 24.2. The van der Waals surface area contributed by atoms with Gasteiger partial charge in [-0.3, -0.25) is 9.59 Å². The number of hydrogen-bond acceptors (Lipinski definition) is 3. The molecule has 180 valence electrons. The number of carbonyl (C=O) groups is 2. The number of benzene rings is 3. The second-order valence-electron chi connectivity index (χ2n) is 9.81. The number of aryl methyl sites for hydroxylation is 1. The fourth-order valence-corrected chi connectivity index (χ4v) is 4.06. The molecule has 4 aromatic rings. The Bertz CT molecular complexity index is 1380. The second kappa shape index (κ2) is 9.74. The monoisotopic (exact) mass is 468 g/mol. The number of anilines is 1. The summed E-state index contributed by atoms with van der Waals surface area (Å²) in [7, 11) is 0. The maximum atomic E-state index is 13.4. The summed E-state index contributed by atoms with van der Waals surface area (Å²) in [6, 6.07) is 23.3. The van der Waals surface area contributed by atoms with Crippen LogP contribution < -0.4 is 5.32 Å². The number of likely N-dealkylation sites (N-methyl/N-ethyl adjacent to an activating group) is 1. The molecule has 0 saturated carbocycles. The molecule has 0 radical (unpaired) electrons. The molecular weight excluding hydrogens is 436 g/mol. The van der Waals surface area contributed by atoms with E-state index in [2.05, 4.69) is 26.1 Å². The van der Waals surface area contributed by atoms with Gasteiger partial charge in [0, 0.05) is 23.6 Å². The lowest BCUT2D eigenvalue weighted by Crippen LogP contribution is -2.38. The Morgan fingerprint density at radius 2 is 1.69 bits per heavy atom. The standard InChI is InChI=1S/C29H32N4O2/c1-6-32(28(35)24-16-10-13-21-12-7-8-15-23(21)24)19-27(34)30-26-18-25(29(3,4)5)31-33(26)22-14-9-11-20(2)17-22/h7-18H,6,19H2,1-5H3,(H,30,34). The summed E-state index contributed by atoms with van der Waals surface area (Å²) in [5, 5.41) is 9.66. The molecule has 0 atom stereocenters. The molecule has 0 saturated heterocycles. The van der Waals surface area contributed by atoms with Crippen LogP contribution in [0.3, 0.4) is 0 Å². The predicted molar refractivity (Wildman–Crippen MR) is 141 cm³/mol. The van der Waals surface area contributed by atoms with Crippen LogP contribution in [0.4, 0.5) is 5.82 Å². The number of nitrogens with zero attached hydrogens (tertiary/aromatic N) is 3. The van der Waals surface area contributed by atoms with Gasteiger partial charge in [0.2, 0.25) is 5.91 Å². The third-order valence-corrected chi connectivity index (χ3v) is 6.01. The smallest absolute Gasteiger partial charge is 0.254 e. The van der Waals surface area contributed by atoms with E-state index in [-0.39, 0.29) is 23.8 Å². The Balaban J connectivity index is 1.59. The fraction of sp³-hybridized carbons (Fsp3) is 0.276. The van der Waals surface area contributed by atoms with Crippen LogP contribution in [0.1, 0.15) is 49.3 Å². The van der Waals surface area contributed by atoms with E-state index in [0.29, 0.717) is 17.9 Å². The summed E-state index contributed by atoms with van der Waals surface area (Å²) in [4.78, 5) is 28.1. The van der Waals surface area contributed by atoms with Gasteiger partial charge < -0.3 is 10.2 Å². The van der Waals surface area contributed by atoms with E-state index in [1.54, 1.807) is 9.58 Å². The average molecular weight is 469 g/mol. The number of carbonyl (C=O) groups excluding carboxylic acids is 2. The van der Waals surface area contributed by atoms with Crippen LogP contribution >= 0.6 is 0 Å². The van der Waals surface area contributed by atoms with Crippen molar-refractivity contribution in [3.05, 3.63) is 89.6 Å². The molecule has 1 N–H and O–H groups in total. The van der Waals surface area contributed by atoms with Crippen molar-refractivity contribution >= 4 is 28.4 Å². The Hall–Kier alpha value is -3.93. The van der Waals surface area contributed by atoms with Crippen LogP contribution in [0.25, 0.3) is 16.5 Å². The summed E-state index contributed by atoms with van der Waals surface area (Å²) in [5.41, 5.74) is 3.25. The molecule has 6 nitrogen and oxygen atoms in total. The lowest BCUT2D eigenvalue weighted by Gasteiger charge is -2.21. The summed E-state index contributed by atoms with van der Waals surface area (Å²) >= 11 is 0. The molecule has 0 spiro atoms. The minimum absolute atomic E-state index is 0.0532. The summed E-state index contributed by atoms with van der Waals surface area (Å²) < 4.78 is 1.76. The third kappa shape index (κ3) is 5.27. The van der Waals surface area contributed by atoms with Gasteiger partial charge >= 0.3 is 0 Å². The highest BCUT2D eigenvalue weighted by molar-refractivity contribution is 6.08. The van der Waals surface area contributed by atoms with E-state index in [9.17, 15) is 9.59 Å². The van der Waals surface area contributed by atoms with Crippen molar-refractivity contribution in [2.45, 2.75) is 40.0 Å². The molecule has 0 aliphatic heterocycles. The molecule has 1 heterocycles. The first-order valence-electron chi connectivity index (χ1n) is 11.9. The fourth-order valence-electron chi connectivity index (χ4n) is 4.06. The van der Waals surface area contributed by atoms with E-state index in [0.717, 1.165) is 27.7 Å². The van der Waals surface area contributed by atoms with Crippen LogP contribution in [0.2, 0.25) is 0 Å². The molecule has 1 aromatic heterocycles. The molecule has 0 fully saturated rings. The third-order valence-electron chi connectivity index (χ3n) is 6.01. The Morgan fingerprint density at radius 3 is 2.40 bits per heavy atom. The van der Waals surface area contributed by atoms with E-state index >= 15 is 0 Å². The maximum Gasteiger partial charge on any atom is 0.254 e. The Kier molecular flexibility index (Phi) is 6.74. The highest BCUT2D eigenvalue weighted by atomic mass is 16.2. The summed E-state index contributed by atoms with van der Waals surface area (Å²) in [6.45, 7) is 10.5. The largest absolute Gasteiger partial charge is 0.330 e. The van der Waals surface area contributed by atoms with Crippen molar-refractivity contribution in [3.63, 3.8) is 0 Å². The normalized spacial score (nSPS) is 11.5. The number of fused-ring (bicyclic) bond motifs is 1. The van der Waals surface area contributed by atoms with Gasteiger partial charge in [-0.25, -0.2) is 4.68 Å². The Labute approximate surface area is 206 Å². The number of rotatable bonds is 6. The number of hydrogen-bond donors (Lipinski definition) is 1. The van der Waals surface area contributed by atoms with Gasteiger partial charge in [-0.15, -0.1) is 0 Å². The topological polar surface area (TPSA) is 67.2 Å². The molecule has 6 heteroatoms. The Morgan fingerprint density at radius 1 is 0.971 bits per heavy atom. The maximum absolute atomic E-state index is 13.4. The molecule has 0 aliphatic rings. The van der Waals surface area contributed by atoms with Gasteiger partial charge in [0.15, 0.2) is 0 Å². The van der Waals surface area contributed by atoms with Gasteiger partial charge in [0.05, 0.1) is 11.4 Å². The highest BCUT2D eigenvalue weighted by Crippen LogP contribution is 2.27. The van der Waals surface area contributed by atoms with E-state index < -0.39 is 0 Å². The quantitative estimate of drug-likeness (QED) is 0.393. The van der Waals surface area contributed by atoms with Crippen LogP contribution in [-0.2, 0) is 10.2 Å². The van der Waals surface area contributed by atoms with Gasteiger partial charge in [0.1, 0.15) is 12.4 Å². The number of amides is 2. The molecule has 0 unspecified atom stereocenters. The zero-order valence-electron chi connectivity index (χ0n) is 21.0. The number of aromatic nitrogens is 2. The van der Waals surface area contributed by atoms with Crippen molar-refractivity contribution in [1.82, 2.24) is 14.7 Å². The van der Waals surface area contributed by atoms with Gasteiger partial charge in [0.25, 0.3) is 5.91 Å². The highest BCUT2D eigenvalue weighted by Gasteiger charge is 2.23. The van der Waals surface area contributed by atoms with Gasteiger partial charge in [-0.05, 0) is 48.4 Å². The zero-order valence-corrected chi connectivity index (χ0v) is 21.0. The lowest BCUT2D eigenvalue weighted by molar-refractivity contribution is -0.116. The summed E-state index contributed by atoms with van der Waals surface area (Å²) in [6.07, 6.45) is 0. The number of nitrogens with one attached hydrogen (secondary N) is 1.